The van der Waals surface area contributed by atoms with E-state index < -0.39 is 0 Å². The smallest absolute Gasteiger partial charge is 0.150 e. The first-order chi connectivity index (χ1) is 7.60. The van der Waals surface area contributed by atoms with Crippen LogP contribution in [0.4, 0.5) is 5.69 Å². The van der Waals surface area contributed by atoms with Crippen LogP contribution in [-0.4, -0.2) is 18.9 Å². The van der Waals surface area contributed by atoms with Gasteiger partial charge in [-0.05, 0) is 51.0 Å². The van der Waals surface area contributed by atoms with Crippen molar-refractivity contribution >= 4 is 12.0 Å². The van der Waals surface area contributed by atoms with Crippen molar-refractivity contribution in [1.29, 1.82) is 0 Å². The van der Waals surface area contributed by atoms with Gasteiger partial charge in [-0.15, -0.1) is 0 Å². The lowest BCUT2D eigenvalue weighted by Crippen LogP contribution is -2.32. The molecule has 0 aliphatic heterocycles. The molecule has 0 radical (unpaired) electrons. The van der Waals surface area contributed by atoms with Gasteiger partial charge in [-0.2, -0.15) is 0 Å². The van der Waals surface area contributed by atoms with Gasteiger partial charge in [-0.3, -0.25) is 4.79 Å². The number of nitrogens with zero attached hydrogens (tertiary/aromatic N) is 1. The molecule has 1 aromatic carbocycles. The van der Waals surface area contributed by atoms with Crippen LogP contribution in [0.2, 0.25) is 0 Å². The highest BCUT2D eigenvalue weighted by molar-refractivity contribution is 5.77. The molecular weight excluding hydrogens is 198 g/mol. The van der Waals surface area contributed by atoms with E-state index in [2.05, 4.69) is 38.7 Å². The molecule has 1 aromatic rings. The van der Waals surface area contributed by atoms with Crippen LogP contribution in [-0.2, 0) is 0 Å². The van der Waals surface area contributed by atoms with Gasteiger partial charge in [0.25, 0.3) is 0 Å². The molecule has 0 atom stereocenters. The monoisotopic (exact) mass is 219 g/mol. The largest absolute Gasteiger partial charge is 0.369 e. The second-order valence-corrected chi connectivity index (χ2v) is 4.45. The van der Waals surface area contributed by atoms with Gasteiger partial charge in [0, 0.05) is 23.8 Å². The molecule has 0 aromatic heterocycles. The number of aryl methyl sites for hydroxylation is 1. The fourth-order valence-corrected chi connectivity index (χ4v) is 1.97. The number of rotatable bonds is 5. The van der Waals surface area contributed by atoms with Crippen molar-refractivity contribution < 1.29 is 4.79 Å². The zero-order valence-electron chi connectivity index (χ0n) is 10.7. The number of carbonyl (C=O) groups excluding carboxylic acids is 1. The number of hydrogen-bond acceptors (Lipinski definition) is 2. The highest BCUT2D eigenvalue weighted by Crippen LogP contribution is 2.23. The molecule has 0 bridgehead atoms. The average Bonchev–Trinajstić information content (AvgIpc) is 2.26. The second-order valence-electron chi connectivity index (χ2n) is 4.45. The molecule has 16 heavy (non-hydrogen) atoms. The van der Waals surface area contributed by atoms with E-state index in [1.54, 1.807) is 0 Å². The molecule has 0 heterocycles. The quantitative estimate of drug-likeness (QED) is 0.707. The van der Waals surface area contributed by atoms with Crippen molar-refractivity contribution in [2.75, 3.05) is 11.4 Å². The Bertz CT molecular complexity index is 358. The minimum absolute atomic E-state index is 0.487. The first kappa shape index (κ1) is 12.8. The Morgan fingerprint density at radius 3 is 2.50 bits per heavy atom. The van der Waals surface area contributed by atoms with Gasteiger partial charge in [0.15, 0.2) is 0 Å². The molecule has 2 nitrogen and oxygen atoms in total. The topological polar surface area (TPSA) is 20.3 Å². The van der Waals surface area contributed by atoms with Crippen molar-refractivity contribution in [3.63, 3.8) is 0 Å². The van der Waals surface area contributed by atoms with Gasteiger partial charge in [0.2, 0.25) is 0 Å². The van der Waals surface area contributed by atoms with Crippen LogP contribution < -0.4 is 4.90 Å². The van der Waals surface area contributed by atoms with Crippen molar-refractivity contribution in [3.05, 3.63) is 29.3 Å². The molecule has 0 saturated carbocycles. The molecule has 88 valence electrons. The second kappa shape index (κ2) is 5.69. The molecular formula is C14H21NO. The summed E-state index contributed by atoms with van der Waals surface area (Å²) >= 11 is 0. The summed E-state index contributed by atoms with van der Waals surface area (Å²) in [4.78, 5) is 13.1. The van der Waals surface area contributed by atoms with Crippen LogP contribution in [0.15, 0.2) is 18.2 Å². The lowest BCUT2D eigenvalue weighted by molar-refractivity contribution is 0.112. The van der Waals surface area contributed by atoms with Crippen LogP contribution in [0.25, 0.3) is 0 Å². The predicted octanol–water partition coefficient (Wildman–Crippen LogP) is 3.43. The summed E-state index contributed by atoms with van der Waals surface area (Å²) in [5, 5.41) is 0. The Kier molecular flexibility index (Phi) is 4.53. The lowest BCUT2D eigenvalue weighted by atomic mass is 10.1. The molecule has 1 rings (SSSR count). The highest BCUT2D eigenvalue weighted by atomic mass is 16.1. The average molecular weight is 219 g/mol. The summed E-state index contributed by atoms with van der Waals surface area (Å²) in [6.45, 7) is 9.70. The maximum Gasteiger partial charge on any atom is 0.150 e. The van der Waals surface area contributed by atoms with Crippen molar-refractivity contribution in [3.8, 4) is 0 Å². The Morgan fingerprint density at radius 2 is 2.06 bits per heavy atom. The molecule has 0 aliphatic rings. The van der Waals surface area contributed by atoms with Crippen LogP contribution in [0.5, 0.6) is 0 Å². The number of aldehydes is 1. The summed E-state index contributed by atoms with van der Waals surface area (Å²) in [6.07, 6.45) is 2.03. The Hall–Kier alpha value is -1.31. The minimum Gasteiger partial charge on any atom is -0.369 e. The molecule has 0 N–H and O–H groups in total. The number of benzene rings is 1. The van der Waals surface area contributed by atoms with Gasteiger partial charge in [0.05, 0.1) is 0 Å². The zero-order chi connectivity index (χ0) is 12.1. The fourth-order valence-electron chi connectivity index (χ4n) is 1.97. The van der Waals surface area contributed by atoms with E-state index in [4.69, 9.17) is 0 Å². The summed E-state index contributed by atoms with van der Waals surface area (Å²) in [6, 6.07) is 6.38. The third-order valence-corrected chi connectivity index (χ3v) is 2.75. The molecule has 0 spiro atoms. The van der Waals surface area contributed by atoms with E-state index >= 15 is 0 Å². The van der Waals surface area contributed by atoms with Crippen molar-refractivity contribution in [1.82, 2.24) is 0 Å². The van der Waals surface area contributed by atoms with E-state index in [-0.39, 0.29) is 0 Å². The molecule has 0 saturated heterocycles. The van der Waals surface area contributed by atoms with Gasteiger partial charge in [0.1, 0.15) is 6.29 Å². The first-order valence-corrected chi connectivity index (χ1v) is 5.92. The number of hydrogen-bond donors (Lipinski definition) is 0. The van der Waals surface area contributed by atoms with Crippen molar-refractivity contribution in [2.45, 2.75) is 40.2 Å². The fraction of sp³-hybridized carbons (Fsp3) is 0.500. The zero-order valence-corrected chi connectivity index (χ0v) is 10.7. The molecule has 0 amide bonds. The maximum absolute atomic E-state index is 10.7. The standard InChI is InChI=1S/C14H21NO/c1-5-8-15(11(2)3)14-7-6-13(10-16)9-12(14)4/h6-7,9-11H,5,8H2,1-4H3. The minimum atomic E-state index is 0.487. The molecule has 0 fully saturated rings. The Labute approximate surface area is 98.3 Å². The van der Waals surface area contributed by atoms with Crippen LogP contribution >= 0.6 is 0 Å². The lowest BCUT2D eigenvalue weighted by Gasteiger charge is -2.30. The third kappa shape index (κ3) is 2.84. The van der Waals surface area contributed by atoms with Crippen molar-refractivity contribution in [2.24, 2.45) is 0 Å². The normalized spacial score (nSPS) is 10.6. The summed E-state index contributed by atoms with van der Waals surface area (Å²) in [7, 11) is 0. The Morgan fingerprint density at radius 1 is 1.38 bits per heavy atom. The summed E-state index contributed by atoms with van der Waals surface area (Å²) < 4.78 is 0. The maximum atomic E-state index is 10.7. The van der Waals surface area contributed by atoms with E-state index in [0.717, 1.165) is 24.8 Å². The Balaban J connectivity index is 3.04. The number of anilines is 1. The van der Waals surface area contributed by atoms with Gasteiger partial charge < -0.3 is 4.90 Å². The van der Waals surface area contributed by atoms with Crippen LogP contribution in [0.3, 0.4) is 0 Å². The summed E-state index contributed by atoms with van der Waals surface area (Å²) in [5.74, 6) is 0. The molecule has 0 aliphatic carbocycles. The molecule has 0 unspecified atom stereocenters. The predicted molar refractivity (Wildman–Crippen MR) is 69.3 cm³/mol. The van der Waals surface area contributed by atoms with E-state index in [1.165, 1.54) is 11.3 Å². The van der Waals surface area contributed by atoms with Gasteiger partial charge in [-0.25, -0.2) is 0 Å². The highest BCUT2D eigenvalue weighted by Gasteiger charge is 2.11. The van der Waals surface area contributed by atoms with E-state index in [0.29, 0.717) is 6.04 Å². The number of carbonyl (C=O) groups is 1. The third-order valence-electron chi connectivity index (χ3n) is 2.75. The van der Waals surface area contributed by atoms with Crippen LogP contribution in [0, 0.1) is 6.92 Å². The van der Waals surface area contributed by atoms with E-state index in [9.17, 15) is 4.79 Å². The SMILES string of the molecule is CCCN(c1ccc(C=O)cc1C)C(C)C. The van der Waals surface area contributed by atoms with E-state index in [1.807, 2.05) is 12.1 Å². The van der Waals surface area contributed by atoms with Crippen LogP contribution in [0.1, 0.15) is 43.1 Å². The van der Waals surface area contributed by atoms with Gasteiger partial charge in [-0.1, -0.05) is 6.92 Å². The molecule has 2 heteroatoms. The summed E-state index contributed by atoms with van der Waals surface area (Å²) in [5.41, 5.74) is 3.16. The van der Waals surface area contributed by atoms with Gasteiger partial charge >= 0.3 is 0 Å². The first-order valence-electron chi connectivity index (χ1n) is 5.92.